The second-order valence-electron chi connectivity index (χ2n) is 2.54. The number of H-pyrrole nitrogens is 1. The molecule has 0 aliphatic rings. The molecular weight excluding hydrogens is 152 g/mol. The summed E-state index contributed by atoms with van der Waals surface area (Å²) < 4.78 is 0. The van der Waals surface area contributed by atoms with Crippen LogP contribution in [0.25, 0.3) is 10.9 Å². The Kier molecular flexibility index (Phi) is 1.28. The first kappa shape index (κ1) is 6.74. The van der Waals surface area contributed by atoms with Gasteiger partial charge in [0.05, 0.1) is 11.1 Å². The van der Waals surface area contributed by atoms with Crippen molar-refractivity contribution in [3.05, 3.63) is 29.8 Å². The van der Waals surface area contributed by atoms with E-state index >= 15 is 0 Å². The topological polar surface area (TPSA) is 59.8 Å². The van der Waals surface area contributed by atoms with Crippen molar-refractivity contribution in [2.75, 3.05) is 0 Å². The van der Waals surface area contributed by atoms with Crippen molar-refractivity contribution in [2.24, 2.45) is 0 Å². The van der Waals surface area contributed by atoms with Crippen LogP contribution in [-0.4, -0.2) is 10.1 Å². The minimum atomic E-state index is 0.0905. The number of hydrogen-bond donors (Lipinski definition) is 2. The van der Waals surface area contributed by atoms with Crippen molar-refractivity contribution in [1.82, 2.24) is 4.98 Å². The summed E-state index contributed by atoms with van der Waals surface area (Å²) in [4.78, 5) is 2.71. The molecule has 0 atom stereocenters. The molecule has 1 heterocycles. The summed E-state index contributed by atoms with van der Waals surface area (Å²) in [5.74, 6) is 0.0905. The van der Waals surface area contributed by atoms with Crippen LogP contribution in [0.5, 0.6) is 5.88 Å². The fourth-order valence-electron chi connectivity index (χ4n) is 1.23. The summed E-state index contributed by atoms with van der Waals surface area (Å²) in [5.41, 5.74) is 1.24. The predicted octanol–water partition coefficient (Wildman–Crippen LogP) is 1.75. The van der Waals surface area contributed by atoms with Gasteiger partial charge >= 0.3 is 0 Å². The lowest BCUT2D eigenvalue weighted by molar-refractivity contribution is 0.458. The first-order valence-electron chi connectivity index (χ1n) is 3.52. The van der Waals surface area contributed by atoms with E-state index in [0.717, 1.165) is 5.39 Å². The maximum absolute atomic E-state index is 9.11. The molecule has 2 rings (SSSR count). The normalized spacial score (nSPS) is 9.92. The Morgan fingerprint density at radius 1 is 1.42 bits per heavy atom. The van der Waals surface area contributed by atoms with Crippen molar-refractivity contribution in [1.29, 1.82) is 5.26 Å². The quantitative estimate of drug-likeness (QED) is 0.613. The maximum atomic E-state index is 9.11. The maximum Gasteiger partial charge on any atom is 0.189 e. The predicted molar refractivity (Wildman–Crippen MR) is 44.7 cm³/mol. The highest BCUT2D eigenvalue weighted by Crippen LogP contribution is 2.21. The lowest BCUT2D eigenvalue weighted by atomic mass is 10.2. The van der Waals surface area contributed by atoms with Crippen LogP contribution < -0.4 is 0 Å². The summed E-state index contributed by atoms with van der Waals surface area (Å²) in [6.45, 7) is 0. The highest BCUT2D eigenvalue weighted by molar-refractivity contribution is 5.86. The van der Waals surface area contributed by atoms with Gasteiger partial charge in [-0.3, -0.25) is 0 Å². The zero-order chi connectivity index (χ0) is 8.55. The molecule has 0 radical (unpaired) electrons. The molecule has 1 aromatic heterocycles. The van der Waals surface area contributed by atoms with Crippen molar-refractivity contribution >= 4 is 10.9 Å². The SMILES string of the molecule is N#Cc1cccc2cc(O)[nH]c12. The summed E-state index contributed by atoms with van der Waals surface area (Å²) >= 11 is 0. The third-order valence-electron chi connectivity index (χ3n) is 1.76. The molecule has 0 fully saturated rings. The molecule has 58 valence electrons. The van der Waals surface area contributed by atoms with Gasteiger partial charge in [0.2, 0.25) is 0 Å². The Morgan fingerprint density at radius 3 is 3.00 bits per heavy atom. The van der Waals surface area contributed by atoms with Crippen LogP contribution in [0.4, 0.5) is 0 Å². The van der Waals surface area contributed by atoms with E-state index in [4.69, 9.17) is 10.4 Å². The van der Waals surface area contributed by atoms with E-state index in [9.17, 15) is 0 Å². The molecule has 0 bridgehead atoms. The van der Waals surface area contributed by atoms with Gasteiger partial charge in [0.25, 0.3) is 0 Å². The van der Waals surface area contributed by atoms with Crippen molar-refractivity contribution in [3.63, 3.8) is 0 Å². The van der Waals surface area contributed by atoms with Crippen LogP contribution in [0.15, 0.2) is 24.3 Å². The van der Waals surface area contributed by atoms with Gasteiger partial charge in [0, 0.05) is 11.5 Å². The molecule has 3 heteroatoms. The molecule has 0 aliphatic carbocycles. The number of rotatable bonds is 0. The number of para-hydroxylation sites is 1. The zero-order valence-electron chi connectivity index (χ0n) is 6.20. The molecule has 0 saturated carbocycles. The van der Waals surface area contributed by atoms with Gasteiger partial charge in [0.15, 0.2) is 5.88 Å². The van der Waals surface area contributed by atoms with Gasteiger partial charge in [0.1, 0.15) is 6.07 Å². The summed E-state index contributed by atoms with van der Waals surface area (Å²) in [6.07, 6.45) is 0. The van der Waals surface area contributed by atoms with Gasteiger partial charge < -0.3 is 10.1 Å². The van der Waals surface area contributed by atoms with Gasteiger partial charge in [-0.15, -0.1) is 0 Å². The molecule has 1 aromatic carbocycles. The van der Waals surface area contributed by atoms with E-state index in [0.29, 0.717) is 11.1 Å². The van der Waals surface area contributed by atoms with E-state index in [2.05, 4.69) is 4.98 Å². The van der Waals surface area contributed by atoms with Crippen LogP contribution in [0.3, 0.4) is 0 Å². The second-order valence-corrected chi connectivity index (χ2v) is 2.54. The number of benzene rings is 1. The van der Waals surface area contributed by atoms with Crippen molar-refractivity contribution < 1.29 is 5.11 Å². The number of nitrogens with one attached hydrogen (secondary N) is 1. The molecule has 3 nitrogen and oxygen atoms in total. The summed E-state index contributed by atoms with van der Waals surface area (Å²) in [6, 6.07) is 8.97. The molecule has 2 N–H and O–H groups in total. The third-order valence-corrected chi connectivity index (χ3v) is 1.76. The number of nitrogens with zero attached hydrogens (tertiary/aromatic N) is 1. The highest BCUT2D eigenvalue weighted by atomic mass is 16.3. The van der Waals surface area contributed by atoms with Crippen LogP contribution >= 0.6 is 0 Å². The van der Waals surface area contributed by atoms with E-state index in [1.165, 1.54) is 0 Å². The minimum absolute atomic E-state index is 0.0905. The standard InChI is InChI=1S/C9H6N2O/c10-5-7-3-1-2-6-4-8(12)11-9(6)7/h1-4,11-12H. The molecule has 0 saturated heterocycles. The van der Waals surface area contributed by atoms with E-state index in [1.807, 2.05) is 12.1 Å². The average molecular weight is 158 g/mol. The molecule has 2 aromatic rings. The minimum Gasteiger partial charge on any atom is -0.495 e. The van der Waals surface area contributed by atoms with Crippen LogP contribution in [0, 0.1) is 11.3 Å². The summed E-state index contributed by atoms with van der Waals surface area (Å²) in [7, 11) is 0. The number of nitriles is 1. The van der Waals surface area contributed by atoms with Gasteiger partial charge in [-0.05, 0) is 6.07 Å². The Morgan fingerprint density at radius 2 is 2.25 bits per heavy atom. The Bertz CT molecular complexity index is 465. The van der Waals surface area contributed by atoms with Crippen molar-refractivity contribution in [3.8, 4) is 11.9 Å². The summed E-state index contributed by atoms with van der Waals surface area (Å²) in [5, 5.41) is 18.7. The van der Waals surface area contributed by atoms with E-state index < -0.39 is 0 Å². The first-order chi connectivity index (χ1) is 5.81. The van der Waals surface area contributed by atoms with Crippen molar-refractivity contribution in [2.45, 2.75) is 0 Å². The van der Waals surface area contributed by atoms with Crippen LogP contribution in [0.2, 0.25) is 0 Å². The average Bonchev–Trinajstić information content (AvgIpc) is 2.44. The Labute approximate surface area is 68.9 Å². The molecule has 0 spiro atoms. The van der Waals surface area contributed by atoms with Gasteiger partial charge in [-0.25, -0.2) is 0 Å². The number of aromatic hydroxyl groups is 1. The third kappa shape index (κ3) is 0.823. The number of hydrogen-bond acceptors (Lipinski definition) is 2. The molecular formula is C9H6N2O. The molecule has 12 heavy (non-hydrogen) atoms. The fourth-order valence-corrected chi connectivity index (χ4v) is 1.23. The Balaban J connectivity index is 2.89. The Hall–Kier alpha value is -1.95. The van der Waals surface area contributed by atoms with Gasteiger partial charge in [-0.1, -0.05) is 12.1 Å². The highest BCUT2D eigenvalue weighted by Gasteiger charge is 2.02. The van der Waals surface area contributed by atoms with E-state index in [1.54, 1.807) is 18.2 Å². The first-order valence-corrected chi connectivity index (χ1v) is 3.52. The van der Waals surface area contributed by atoms with Crippen LogP contribution in [-0.2, 0) is 0 Å². The zero-order valence-corrected chi connectivity index (χ0v) is 6.20. The second kappa shape index (κ2) is 2.28. The van der Waals surface area contributed by atoms with E-state index in [-0.39, 0.29) is 5.88 Å². The fraction of sp³-hybridized carbons (Fsp3) is 0. The molecule has 0 amide bonds. The number of aromatic nitrogens is 1. The lowest BCUT2D eigenvalue weighted by Gasteiger charge is -1.89. The molecule has 0 unspecified atom stereocenters. The number of aromatic amines is 1. The lowest BCUT2D eigenvalue weighted by Crippen LogP contribution is -1.75. The number of fused-ring (bicyclic) bond motifs is 1. The monoisotopic (exact) mass is 158 g/mol. The molecule has 0 aliphatic heterocycles. The largest absolute Gasteiger partial charge is 0.495 e. The van der Waals surface area contributed by atoms with Gasteiger partial charge in [-0.2, -0.15) is 5.26 Å². The smallest absolute Gasteiger partial charge is 0.189 e. The van der Waals surface area contributed by atoms with Crippen LogP contribution in [0.1, 0.15) is 5.56 Å².